The first-order chi connectivity index (χ1) is 10.3. The van der Waals surface area contributed by atoms with Gasteiger partial charge in [0.1, 0.15) is 17.1 Å². The van der Waals surface area contributed by atoms with Gasteiger partial charge in [0.15, 0.2) is 0 Å². The molecular weight excluding hydrogens is 301 g/mol. The van der Waals surface area contributed by atoms with Gasteiger partial charge in [0.25, 0.3) is 0 Å². The van der Waals surface area contributed by atoms with E-state index in [4.69, 9.17) is 9.84 Å². The Morgan fingerprint density at radius 1 is 1.09 bits per heavy atom. The first-order valence-electron chi connectivity index (χ1n) is 6.07. The number of methoxy groups -OCH3 is 1. The van der Waals surface area contributed by atoms with Crippen molar-refractivity contribution >= 4 is 5.97 Å². The average molecular weight is 312 g/mol. The van der Waals surface area contributed by atoms with E-state index in [1.807, 2.05) is 0 Å². The molecule has 0 aromatic heterocycles. The number of hydrogen-bond donors (Lipinski definition) is 1. The van der Waals surface area contributed by atoms with Crippen LogP contribution in [-0.2, 0) is 0 Å². The van der Waals surface area contributed by atoms with Crippen LogP contribution in [0.1, 0.15) is 10.4 Å². The van der Waals surface area contributed by atoms with Gasteiger partial charge < -0.3 is 14.6 Å². The molecule has 7 heteroatoms. The molecule has 0 spiro atoms. The highest BCUT2D eigenvalue weighted by Crippen LogP contribution is 2.31. The molecule has 0 aliphatic rings. The second-order valence-corrected chi connectivity index (χ2v) is 4.30. The van der Waals surface area contributed by atoms with Gasteiger partial charge in [-0.1, -0.05) is 18.2 Å². The predicted molar refractivity (Wildman–Crippen MR) is 72.1 cm³/mol. The summed E-state index contributed by atoms with van der Waals surface area (Å²) in [6.07, 6.45) is -4.77. The van der Waals surface area contributed by atoms with E-state index in [1.165, 1.54) is 43.5 Å². The summed E-state index contributed by atoms with van der Waals surface area (Å²) in [4.78, 5) is 11.0. The summed E-state index contributed by atoms with van der Waals surface area (Å²) in [5, 5.41) is 9.00. The SMILES string of the molecule is COc1cc(-c2cccc(OC(F)(F)F)c2)ccc1C(=O)O. The van der Waals surface area contributed by atoms with Crippen molar-refractivity contribution in [3.8, 4) is 22.6 Å². The molecule has 0 saturated heterocycles. The lowest BCUT2D eigenvalue weighted by Crippen LogP contribution is -2.17. The monoisotopic (exact) mass is 312 g/mol. The third-order valence-electron chi connectivity index (χ3n) is 2.83. The highest BCUT2D eigenvalue weighted by molar-refractivity contribution is 5.92. The summed E-state index contributed by atoms with van der Waals surface area (Å²) in [5.74, 6) is -1.39. The number of carbonyl (C=O) groups is 1. The number of halogens is 3. The zero-order chi connectivity index (χ0) is 16.3. The largest absolute Gasteiger partial charge is 0.573 e. The van der Waals surface area contributed by atoms with Gasteiger partial charge in [0, 0.05) is 0 Å². The van der Waals surface area contributed by atoms with Crippen LogP contribution in [-0.4, -0.2) is 24.5 Å². The fourth-order valence-corrected chi connectivity index (χ4v) is 1.92. The number of ether oxygens (including phenoxy) is 2. The summed E-state index contributed by atoms with van der Waals surface area (Å²) in [6, 6.07) is 9.64. The molecule has 0 aliphatic heterocycles. The lowest BCUT2D eigenvalue weighted by atomic mass is 10.0. The van der Waals surface area contributed by atoms with Gasteiger partial charge in [-0.15, -0.1) is 13.2 Å². The maximum atomic E-state index is 12.2. The Hall–Kier alpha value is -2.70. The van der Waals surface area contributed by atoms with E-state index < -0.39 is 12.3 Å². The van der Waals surface area contributed by atoms with Gasteiger partial charge in [-0.25, -0.2) is 4.79 Å². The minimum atomic E-state index is -4.77. The van der Waals surface area contributed by atoms with Gasteiger partial charge in [-0.2, -0.15) is 0 Å². The molecule has 2 aromatic rings. The Balaban J connectivity index is 2.40. The second-order valence-electron chi connectivity index (χ2n) is 4.30. The molecule has 4 nitrogen and oxygen atoms in total. The van der Waals surface area contributed by atoms with Crippen LogP contribution in [0.25, 0.3) is 11.1 Å². The standard InChI is InChI=1S/C15H11F3O4/c1-21-13-8-10(5-6-12(13)14(19)20)9-3-2-4-11(7-9)22-15(16,17)18/h2-8H,1H3,(H,19,20). The molecule has 0 saturated carbocycles. The number of rotatable bonds is 4. The van der Waals surface area contributed by atoms with Crippen molar-refractivity contribution in [1.82, 2.24) is 0 Å². The lowest BCUT2D eigenvalue weighted by molar-refractivity contribution is -0.274. The predicted octanol–water partition coefficient (Wildman–Crippen LogP) is 3.96. The van der Waals surface area contributed by atoms with Gasteiger partial charge in [0.2, 0.25) is 0 Å². The van der Waals surface area contributed by atoms with E-state index in [0.29, 0.717) is 11.1 Å². The zero-order valence-corrected chi connectivity index (χ0v) is 11.3. The van der Waals surface area contributed by atoms with Crippen LogP contribution in [0.2, 0.25) is 0 Å². The normalized spacial score (nSPS) is 11.1. The van der Waals surface area contributed by atoms with Crippen molar-refractivity contribution in [1.29, 1.82) is 0 Å². The topological polar surface area (TPSA) is 55.8 Å². The molecule has 0 radical (unpaired) electrons. The van der Waals surface area contributed by atoms with Gasteiger partial charge in [-0.05, 0) is 35.4 Å². The van der Waals surface area contributed by atoms with Gasteiger partial charge >= 0.3 is 12.3 Å². The van der Waals surface area contributed by atoms with Gasteiger partial charge in [-0.3, -0.25) is 0 Å². The number of benzene rings is 2. The minimum Gasteiger partial charge on any atom is -0.496 e. The summed E-state index contributed by atoms with van der Waals surface area (Å²) in [6.45, 7) is 0. The lowest BCUT2D eigenvalue weighted by Gasteiger charge is -2.11. The van der Waals surface area contributed by atoms with Crippen LogP contribution in [0.3, 0.4) is 0 Å². The molecule has 0 amide bonds. The molecule has 0 heterocycles. The summed E-state index contributed by atoms with van der Waals surface area (Å²) >= 11 is 0. The van der Waals surface area contributed by atoms with Crippen molar-refractivity contribution in [2.45, 2.75) is 6.36 Å². The molecule has 0 atom stereocenters. The quantitative estimate of drug-likeness (QED) is 0.928. The molecule has 1 N–H and O–H groups in total. The second kappa shape index (κ2) is 5.97. The van der Waals surface area contributed by atoms with Crippen molar-refractivity contribution in [3.05, 3.63) is 48.0 Å². The van der Waals surface area contributed by atoms with Crippen molar-refractivity contribution in [2.75, 3.05) is 7.11 Å². The molecule has 22 heavy (non-hydrogen) atoms. The smallest absolute Gasteiger partial charge is 0.496 e. The molecule has 2 aromatic carbocycles. The molecule has 0 fully saturated rings. The Morgan fingerprint density at radius 3 is 2.36 bits per heavy atom. The minimum absolute atomic E-state index is 0.0334. The van der Waals surface area contributed by atoms with Crippen molar-refractivity contribution in [3.63, 3.8) is 0 Å². The van der Waals surface area contributed by atoms with Crippen LogP contribution in [0, 0.1) is 0 Å². The highest BCUT2D eigenvalue weighted by atomic mass is 19.4. The third-order valence-corrected chi connectivity index (χ3v) is 2.83. The summed E-state index contributed by atoms with van der Waals surface area (Å²) < 4.78 is 45.5. The van der Waals surface area contributed by atoms with E-state index in [2.05, 4.69) is 4.74 Å². The van der Waals surface area contributed by atoms with E-state index in [1.54, 1.807) is 6.07 Å². The van der Waals surface area contributed by atoms with E-state index >= 15 is 0 Å². The number of carboxylic acid groups (broad SMARTS) is 1. The van der Waals surface area contributed by atoms with Crippen molar-refractivity contribution in [2.24, 2.45) is 0 Å². The van der Waals surface area contributed by atoms with Crippen LogP contribution < -0.4 is 9.47 Å². The van der Waals surface area contributed by atoms with Crippen LogP contribution in [0.4, 0.5) is 13.2 Å². The fraction of sp³-hybridized carbons (Fsp3) is 0.133. The first kappa shape index (κ1) is 15.7. The van der Waals surface area contributed by atoms with E-state index in [0.717, 1.165) is 0 Å². The van der Waals surface area contributed by atoms with Gasteiger partial charge in [0.05, 0.1) is 7.11 Å². The number of aromatic carboxylic acids is 1. The Labute approximate surface area is 123 Å². The summed E-state index contributed by atoms with van der Waals surface area (Å²) in [5.41, 5.74) is 0.917. The molecule has 2 rings (SSSR count). The van der Waals surface area contributed by atoms with Crippen molar-refractivity contribution < 1.29 is 32.5 Å². The molecule has 116 valence electrons. The molecule has 0 aliphatic carbocycles. The number of alkyl halides is 3. The number of carboxylic acids is 1. The Morgan fingerprint density at radius 2 is 1.77 bits per heavy atom. The highest BCUT2D eigenvalue weighted by Gasteiger charge is 2.31. The number of hydrogen-bond acceptors (Lipinski definition) is 3. The van der Waals surface area contributed by atoms with E-state index in [9.17, 15) is 18.0 Å². The molecule has 0 unspecified atom stereocenters. The zero-order valence-electron chi connectivity index (χ0n) is 11.3. The maximum Gasteiger partial charge on any atom is 0.573 e. The Kier molecular flexibility index (Phi) is 4.25. The third kappa shape index (κ3) is 3.69. The molecule has 0 bridgehead atoms. The maximum absolute atomic E-state index is 12.2. The fourth-order valence-electron chi connectivity index (χ4n) is 1.92. The summed E-state index contributed by atoms with van der Waals surface area (Å²) in [7, 11) is 1.31. The average Bonchev–Trinajstić information content (AvgIpc) is 2.45. The first-order valence-corrected chi connectivity index (χ1v) is 6.07. The van der Waals surface area contributed by atoms with Crippen LogP contribution in [0.15, 0.2) is 42.5 Å². The Bertz CT molecular complexity index is 695. The van der Waals surface area contributed by atoms with Crippen LogP contribution >= 0.6 is 0 Å². The van der Waals surface area contributed by atoms with Crippen LogP contribution in [0.5, 0.6) is 11.5 Å². The molecular formula is C15H11F3O4. The van der Waals surface area contributed by atoms with E-state index in [-0.39, 0.29) is 17.1 Å².